The number of rotatable bonds is 7. The third-order valence-corrected chi connectivity index (χ3v) is 6.01. The molecule has 0 radical (unpaired) electrons. The second kappa shape index (κ2) is 8.79. The third kappa shape index (κ3) is 3.79. The summed E-state index contributed by atoms with van der Waals surface area (Å²) in [4.78, 5) is 32.0. The van der Waals surface area contributed by atoms with Crippen LogP contribution < -0.4 is 4.74 Å². The molecular formula is C20H24N2O5S. The molecule has 0 aliphatic carbocycles. The number of hydrogen-bond acceptors (Lipinski definition) is 7. The summed E-state index contributed by atoms with van der Waals surface area (Å²) in [7, 11) is 3.14. The summed E-state index contributed by atoms with van der Waals surface area (Å²) in [5, 5.41) is 0.430. The van der Waals surface area contributed by atoms with Crippen LogP contribution in [0.1, 0.15) is 31.9 Å². The van der Waals surface area contributed by atoms with E-state index in [1.165, 1.54) is 11.8 Å². The predicted molar refractivity (Wildman–Crippen MR) is 107 cm³/mol. The van der Waals surface area contributed by atoms with Crippen molar-refractivity contribution in [2.45, 2.75) is 31.6 Å². The number of allylic oxidation sites excluding steroid dienone is 1. The first-order chi connectivity index (χ1) is 13.5. The van der Waals surface area contributed by atoms with Gasteiger partial charge in [0.2, 0.25) is 5.91 Å². The van der Waals surface area contributed by atoms with E-state index in [2.05, 4.69) is 4.99 Å². The number of carbonyl (C=O) groups excluding carboxylic acids is 2. The van der Waals surface area contributed by atoms with Crippen molar-refractivity contribution in [2.75, 3.05) is 27.4 Å². The van der Waals surface area contributed by atoms with E-state index in [9.17, 15) is 9.59 Å². The number of nitrogens with zero attached hydrogens (tertiary/aromatic N) is 2. The Morgan fingerprint density at radius 2 is 1.93 bits per heavy atom. The van der Waals surface area contributed by atoms with Crippen LogP contribution in [0, 0.1) is 0 Å². The molecule has 1 aromatic rings. The number of fused-ring (bicyclic) bond motifs is 1. The van der Waals surface area contributed by atoms with Gasteiger partial charge < -0.3 is 14.2 Å². The van der Waals surface area contributed by atoms with Crippen molar-refractivity contribution in [1.82, 2.24) is 4.90 Å². The van der Waals surface area contributed by atoms with E-state index in [0.717, 1.165) is 5.56 Å². The lowest BCUT2D eigenvalue weighted by molar-refractivity contribution is -0.141. The summed E-state index contributed by atoms with van der Waals surface area (Å²) in [5.41, 5.74) is 1.74. The van der Waals surface area contributed by atoms with Gasteiger partial charge in [-0.1, -0.05) is 30.8 Å². The number of esters is 1. The van der Waals surface area contributed by atoms with Gasteiger partial charge in [-0.25, -0.2) is 9.79 Å². The van der Waals surface area contributed by atoms with Crippen LogP contribution >= 0.6 is 11.8 Å². The molecule has 150 valence electrons. The monoisotopic (exact) mass is 404 g/mol. The SMILES string of the molecule is CC[C@H]1SC2=NC(C)=C(C(=O)OCCOC)[C@H](c3ccc(OC)cc3)N2C1=O. The van der Waals surface area contributed by atoms with E-state index >= 15 is 0 Å². The fourth-order valence-corrected chi connectivity index (χ4v) is 4.38. The number of aliphatic imine (C=N–C) groups is 1. The molecule has 1 amide bonds. The summed E-state index contributed by atoms with van der Waals surface area (Å²) < 4.78 is 15.6. The van der Waals surface area contributed by atoms with Crippen LogP contribution in [0.25, 0.3) is 0 Å². The number of thioether (sulfide) groups is 1. The number of amides is 1. The average molecular weight is 404 g/mol. The van der Waals surface area contributed by atoms with Crippen LogP contribution in [-0.2, 0) is 19.1 Å². The first kappa shape index (κ1) is 20.4. The molecule has 8 heteroatoms. The number of ether oxygens (including phenoxy) is 3. The van der Waals surface area contributed by atoms with Crippen LogP contribution in [0.4, 0.5) is 0 Å². The van der Waals surface area contributed by atoms with Gasteiger partial charge in [0.15, 0.2) is 5.17 Å². The van der Waals surface area contributed by atoms with Crippen LogP contribution in [0.15, 0.2) is 40.5 Å². The molecule has 1 fully saturated rings. The Morgan fingerprint density at radius 1 is 1.21 bits per heavy atom. The minimum atomic E-state index is -0.579. The van der Waals surface area contributed by atoms with Crippen LogP contribution in [0.3, 0.4) is 0 Å². The average Bonchev–Trinajstić information content (AvgIpc) is 3.02. The molecule has 2 atom stereocenters. The molecule has 28 heavy (non-hydrogen) atoms. The Balaban J connectivity index is 2.03. The second-order valence-corrected chi connectivity index (χ2v) is 7.59. The van der Waals surface area contributed by atoms with Crippen molar-refractivity contribution in [3.63, 3.8) is 0 Å². The lowest BCUT2D eigenvalue weighted by Gasteiger charge is -2.33. The summed E-state index contributed by atoms with van der Waals surface area (Å²) in [6.45, 7) is 4.18. The van der Waals surface area contributed by atoms with Crippen molar-refractivity contribution in [1.29, 1.82) is 0 Å². The lowest BCUT2D eigenvalue weighted by atomic mass is 9.94. The van der Waals surface area contributed by atoms with Gasteiger partial charge in [-0.05, 0) is 31.0 Å². The van der Waals surface area contributed by atoms with Gasteiger partial charge >= 0.3 is 5.97 Å². The molecule has 0 spiro atoms. The van der Waals surface area contributed by atoms with Gasteiger partial charge in [0, 0.05) is 7.11 Å². The van der Waals surface area contributed by atoms with Crippen molar-refractivity contribution in [3.8, 4) is 5.75 Å². The minimum absolute atomic E-state index is 0.0400. The Morgan fingerprint density at radius 3 is 2.54 bits per heavy atom. The Labute approximate surface area is 168 Å². The van der Waals surface area contributed by atoms with Gasteiger partial charge in [0.25, 0.3) is 0 Å². The molecule has 1 aromatic carbocycles. The molecule has 0 N–H and O–H groups in total. The third-order valence-electron chi connectivity index (χ3n) is 4.69. The molecule has 2 aliphatic heterocycles. The van der Waals surface area contributed by atoms with Crippen LogP contribution in [0.2, 0.25) is 0 Å². The Bertz CT molecular complexity index is 818. The Kier molecular flexibility index (Phi) is 6.41. The molecule has 2 aliphatic rings. The van der Waals surface area contributed by atoms with Crippen molar-refractivity contribution >= 4 is 28.8 Å². The second-order valence-electron chi connectivity index (χ2n) is 6.42. The van der Waals surface area contributed by atoms with E-state index in [0.29, 0.717) is 35.2 Å². The van der Waals surface area contributed by atoms with Gasteiger partial charge in [-0.2, -0.15) is 0 Å². The molecule has 0 unspecified atom stereocenters. The van der Waals surface area contributed by atoms with E-state index in [1.807, 2.05) is 31.2 Å². The van der Waals surface area contributed by atoms with Crippen LogP contribution in [0.5, 0.6) is 5.75 Å². The summed E-state index contributed by atoms with van der Waals surface area (Å²) >= 11 is 1.44. The summed E-state index contributed by atoms with van der Waals surface area (Å²) in [6.07, 6.45) is 0.695. The summed E-state index contributed by atoms with van der Waals surface area (Å²) in [5.74, 6) is 0.171. The standard InChI is InChI=1S/C20H24N2O5S/c1-5-15-18(23)22-17(13-6-8-14(26-4)9-7-13)16(12(2)21-20(22)28-15)19(24)27-11-10-25-3/h6-9,15,17H,5,10-11H2,1-4H3/t15-,17+/m1/s1. The van der Waals surface area contributed by atoms with Crippen molar-refractivity contribution in [3.05, 3.63) is 41.1 Å². The minimum Gasteiger partial charge on any atom is -0.497 e. The number of benzene rings is 1. The highest BCUT2D eigenvalue weighted by Crippen LogP contribution is 2.44. The highest BCUT2D eigenvalue weighted by molar-refractivity contribution is 8.15. The molecular weight excluding hydrogens is 380 g/mol. The fraction of sp³-hybridized carbons (Fsp3) is 0.450. The van der Waals surface area contributed by atoms with Gasteiger partial charge in [-0.15, -0.1) is 0 Å². The molecule has 0 saturated carbocycles. The van der Waals surface area contributed by atoms with Gasteiger partial charge in [-0.3, -0.25) is 9.69 Å². The van der Waals surface area contributed by atoms with E-state index in [-0.39, 0.29) is 17.8 Å². The maximum Gasteiger partial charge on any atom is 0.338 e. The van der Waals surface area contributed by atoms with E-state index < -0.39 is 12.0 Å². The highest BCUT2D eigenvalue weighted by atomic mass is 32.2. The van der Waals surface area contributed by atoms with Crippen molar-refractivity contribution in [2.24, 2.45) is 4.99 Å². The molecule has 0 aromatic heterocycles. The maximum absolute atomic E-state index is 13.0. The maximum atomic E-state index is 13.0. The molecule has 7 nitrogen and oxygen atoms in total. The first-order valence-electron chi connectivity index (χ1n) is 9.11. The lowest BCUT2D eigenvalue weighted by Crippen LogP contribution is -2.40. The number of amidine groups is 1. The number of hydrogen-bond donors (Lipinski definition) is 0. The summed E-state index contributed by atoms with van der Waals surface area (Å²) in [6, 6.07) is 6.77. The first-order valence-corrected chi connectivity index (χ1v) is 9.99. The molecule has 0 bridgehead atoms. The zero-order valence-electron chi connectivity index (χ0n) is 16.4. The van der Waals surface area contributed by atoms with Crippen molar-refractivity contribution < 1.29 is 23.8 Å². The van der Waals surface area contributed by atoms with E-state index in [4.69, 9.17) is 14.2 Å². The number of methoxy groups -OCH3 is 2. The fourth-order valence-electron chi connectivity index (χ4n) is 3.25. The largest absolute Gasteiger partial charge is 0.497 e. The van der Waals surface area contributed by atoms with Gasteiger partial charge in [0.05, 0.1) is 36.3 Å². The van der Waals surface area contributed by atoms with Crippen LogP contribution in [-0.4, -0.2) is 54.6 Å². The normalized spacial score (nSPS) is 21.5. The zero-order valence-corrected chi connectivity index (χ0v) is 17.2. The molecule has 2 heterocycles. The Hall–Kier alpha value is -2.32. The molecule has 3 rings (SSSR count). The molecule has 1 saturated heterocycles. The highest BCUT2D eigenvalue weighted by Gasteiger charge is 2.47. The number of carbonyl (C=O) groups is 2. The topological polar surface area (TPSA) is 77.4 Å². The zero-order chi connectivity index (χ0) is 20.3. The quantitative estimate of drug-likeness (QED) is 0.514. The van der Waals surface area contributed by atoms with E-state index in [1.54, 1.807) is 26.0 Å². The van der Waals surface area contributed by atoms with Gasteiger partial charge in [0.1, 0.15) is 12.4 Å². The predicted octanol–water partition coefficient (Wildman–Crippen LogP) is 2.92. The smallest absolute Gasteiger partial charge is 0.338 e.